The molecule has 0 saturated heterocycles. The molecule has 1 aliphatic rings. The number of nitrogens with zero attached hydrogens (tertiary/aromatic N) is 2. The number of fused-ring (bicyclic) bond motifs is 1. The molecule has 130 valence electrons. The van der Waals surface area contributed by atoms with E-state index in [1.54, 1.807) is 6.20 Å². The Morgan fingerprint density at radius 3 is 2.77 bits per heavy atom. The fourth-order valence-electron chi connectivity index (χ4n) is 3.38. The van der Waals surface area contributed by atoms with E-state index in [1.807, 2.05) is 53.4 Å². The van der Waals surface area contributed by atoms with Gasteiger partial charge in [0.05, 0.1) is 0 Å². The molecule has 0 fully saturated rings. The molecule has 0 spiro atoms. The van der Waals surface area contributed by atoms with Gasteiger partial charge in [-0.1, -0.05) is 36.4 Å². The zero-order valence-corrected chi connectivity index (χ0v) is 14.8. The van der Waals surface area contributed by atoms with Crippen LogP contribution in [0.25, 0.3) is 0 Å². The summed E-state index contributed by atoms with van der Waals surface area (Å²) < 4.78 is 0. The van der Waals surface area contributed by atoms with Crippen molar-refractivity contribution in [1.29, 1.82) is 0 Å². The van der Waals surface area contributed by atoms with E-state index in [9.17, 15) is 4.79 Å². The van der Waals surface area contributed by atoms with Crippen molar-refractivity contribution < 1.29 is 4.79 Å². The predicted molar refractivity (Wildman–Crippen MR) is 105 cm³/mol. The van der Waals surface area contributed by atoms with Crippen LogP contribution in [0.2, 0.25) is 0 Å². The monoisotopic (exact) mass is 343 g/mol. The van der Waals surface area contributed by atoms with E-state index in [1.165, 1.54) is 5.56 Å². The van der Waals surface area contributed by atoms with Crippen LogP contribution < -0.4 is 10.2 Å². The number of aryl methyl sites for hydroxylation is 2. The van der Waals surface area contributed by atoms with Crippen LogP contribution in [0, 0.1) is 6.92 Å². The maximum atomic E-state index is 13.1. The van der Waals surface area contributed by atoms with Gasteiger partial charge < -0.3 is 10.2 Å². The van der Waals surface area contributed by atoms with Crippen LogP contribution >= 0.6 is 0 Å². The first-order valence-corrected chi connectivity index (χ1v) is 8.91. The number of carbonyl (C=O) groups excluding carboxylic acids is 1. The van der Waals surface area contributed by atoms with Crippen LogP contribution in [0.4, 0.5) is 17.1 Å². The van der Waals surface area contributed by atoms with Gasteiger partial charge in [0.25, 0.3) is 5.91 Å². The van der Waals surface area contributed by atoms with E-state index >= 15 is 0 Å². The molecule has 4 heteroatoms. The Balaban J connectivity index is 1.61. The third-order valence-electron chi connectivity index (χ3n) is 4.76. The van der Waals surface area contributed by atoms with Crippen LogP contribution in [0.15, 0.2) is 66.9 Å². The standard InChI is InChI=1S/C22H21N3O/c1-16-7-2-4-10-19(16)24-18-12-13-23-20(15-18)22(26)25-14-6-9-17-8-3-5-11-21(17)25/h2-5,7-8,10-13,15H,6,9,14H2,1H3,(H,23,24). The fourth-order valence-corrected chi connectivity index (χ4v) is 3.38. The summed E-state index contributed by atoms with van der Waals surface area (Å²) in [6, 6.07) is 19.9. The summed E-state index contributed by atoms with van der Waals surface area (Å²) in [6.45, 7) is 2.78. The van der Waals surface area contributed by atoms with Gasteiger partial charge in [-0.15, -0.1) is 0 Å². The molecule has 0 aliphatic carbocycles. The second-order valence-corrected chi connectivity index (χ2v) is 6.56. The van der Waals surface area contributed by atoms with Crippen molar-refractivity contribution in [3.8, 4) is 0 Å². The van der Waals surface area contributed by atoms with Gasteiger partial charge in [-0.2, -0.15) is 0 Å². The topological polar surface area (TPSA) is 45.2 Å². The highest BCUT2D eigenvalue weighted by Gasteiger charge is 2.24. The molecule has 1 amide bonds. The molecule has 0 atom stereocenters. The molecule has 2 aromatic carbocycles. The van der Waals surface area contributed by atoms with E-state index in [-0.39, 0.29) is 5.91 Å². The van der Waals surface area contributed by atoms with Gasteiger partial charge in [0.15, 0.2) is 0 Å². The SMILES string of the molecule is Cc1ccccc1Nc1ccnc(C(=O)N2CCCc3ccccc32)c1. The van der Waals surface area contributed by atoms with Gasteiger partial charge in [0.2, 0.25) is 0 Å². The minimum atomic E-state index is -0.0504. The lowest BCUT2D eigenvalue weighted by Gasteiger charge is -2.29. The molecule has 1 aliphatic heterocycles. The summed E-state index contributed by atoms with van der Waals surface area (Å²) >= 11 is 0. The molecule has 1 N–H and O–H groups in total. The Labute approximate surface area is 153 Å². The van der Waals surface area contributed by atoms with Gasteiger partial charge >= 0.3 is 0 Å². The molecule has 4 rings (SSSR count). The minimum Gasteiger partial charge on any atom is -0.355 e. The lowest BCUT2D eigenvalue weighted by molar-refractivity contribution is 0.0980. The van der Waals surface area contributed by atoms with Crippen molar-refractivity contribution in [1.82, 2.24) is 4.98 Å². The molecule has 1 aromatic heterocycles. The van der Waals surface area contributed by atoms with Crippen molar-refractivity contribution in [3.05, 3.63) is 83.7 Å². The Morgan fingerprint density at radius 2 is 1.88 bits per heavy atom. The first-order chi connectivity index (χ1) is 12.7. The van der Waals surface area contributed by atoms with Crippen molar-refractivity contribution in [3.63, 3.8) is 0 Å². The Hall–Kier alpha value is -3.14. The first kappa shape index (κ1) is 16.3. The molecular weight excluding hydrogens is 322 g/mol. The zero-order chi connectivity index (χ0) is 17.9. The van der Waals surface area contributed by atoms with Gasteiger partial charge in [-0.05, 0) is 55.2 Å². The third kappa shape index (κ3) is 3.18. The maximum Gasteiger partial charge on any atom is 0.276 e. The number of hydrogen-bond acceptors (Lipinski definition) is 3. The van der Waals surface area contributed by atoms with Gasteiger partial charge in [0, 0.05) is 29.8 Å². The molecule has 26 heavy (non-hydrogen) atoms. The Morgan fingerprint density at radius 1 is 1.08 bits per heavy atom. The van der Waals surface area contributed by atoms with Gasteiger partial charge in [-0.25, -0.2) is 0 Å². The number of nitrogens with one attached hydrogen (secondary N) is 1. The number of carbonyl (C=O) groups is 1. The average molecular weight is 343 g/mol. The normalized spacial score (nSPS) is 13.2. The molecular formula is C22H21N3O. The Bertz CT molecular complexity index is 951. The number of pyridine rings is 1. The Kier molecular flexibility index (Phi) is 4.40. The number of benzene rings is 2. The summed E-state index contributed by atoms with van der Waals surface area (Å²) in [4.78, 5) is 19.2. The second-order valence-electron chi connectivity index (χ2n) is 6.56. The molecule has 4 nitrogen and oxygen atoms in total. The summed E-state index contributed by atoms with van der Waals surface area (Å²) in [5, 5.41) is 3.38. The maximum absolute atomic E-state index is 13.1. The van der Waals surface area contributed by atoms with Crippen LogP contribution in [0.1, 0.15) is 28.0 Å². The highest BCUT2D eigenvalue weighted by molar-refractivity contribution is 6.06. The number of para-hydroxylation sites is 2. The van der Waals surface area contributed by atoms with Gasteiger partial charge in [-0.3, -0.25) is 9.78 Å². The van der Waals surface area contributed by atoms with Crippen molar-refractivity contribution in [2.75, 3.05) is 16.8 Å². The zero-order valence-electron chi connectivity index (χ0n) is 14.8. The van der Waals surface area contributed by atoms with Crippen LogP contribution in [-0.2, 0) is 6.42 Å². The van der Waals surface area contributed by atoms with E-state index in [0.29, 0.717) is 5.69 Å². The number of hydrogen-bond donors (Lipinski definition) is 1. The van der Waals surface area contributed by atoms with E-state index in [2.05, 4.69) is 29.4 Å². The number of aromatic nitrogens is 1. The molecule has 3 aromatic rings. The summed E-state index contributed by atoms with van der Waals surface area (Å²) in [6.07, 6.45) is 3.68. The lowest BCUT2D eigenvalue weighted by atomic mass is 10.0. The minimum absolute atomic E-state index is 0.0504. The third-order valence-corrected chi connectivity index (χ3v) is 4.76. The fraction of sp³-hybridized carbons (Fsp3) is 0.182. The molecule has 0 saturated carbocycles. The first-order valence-electron chi connectivity index (χ1n) is 8.91. The van der Waals surface area contributed by atoms with Crippen LogP contribution in [-0.4, -0.2) is 17.4 Å². The highest BCUT2D eigenvalue weighted by atomic mass is 16.2. The molecule has 0 bridgehead atoms. The lowest BCUT2D eigenvalue weighted by Crippen LogP contribution is -2.35. The second kappa shape index (κ2) is 7.00. The smallest absolute Gasteiger partial charge is 0.276 e. The van der Waals surface area contributed by atoms with Crippen molar-refractivity contribution in [2.45, 2.75) is 19.8 Å². The number of rotatable bonds is 3. The molecule has 2 heterocycles. The van der Waals surface area contributed by atoms with Gasteiger partial charge in [0.1, 0.15) is 5.69 Å². The average Bonchev–Trinajstić information content (AvgIpc) is 2.69. The highest BCUT2D eigenvalue weighted by Crippen LogP contribution is 2.28. The summed E-state index contributed by atoms with van der Waals surface area (Å²) in [5.41, 5.74) is 5.73. The number of amides is 1. The summed E-state index contributed by atoms with van der Waals surface area (Å²) in [5.74, 6) is -0.0504. The van der Waals surface area contributed by atoms with E-state index in [0.717, 1.165) is 42.0 Å². The van der Waals surface area contributed by atoms with Crippen molar-refractivity contribution >= 4 is 23.0 Å². The summed E-state index contributed by atoms with van der Waals surface area (Å²) in [7, 11) is 0. The molecule has 0 radical (unpaired) electrons. The van der Waals surface area contributed by atoms with Crippen LogP contribution in [0.3, 0.4) is 0 Å². The quantitative estimate of drug-likeness (QED) is 0.748. The van der Waals surface area contributed by atoms with Crippen molar-refractivity contribution in [2.24, 2.45) is 0 Å². The van der Waals surface area contributed by atoms with E-state index in [4.69, 9.17) is 0 Å². The van der Waals surface area contributed by atoms with Crippen LogP contribution in [0.5, 0.6) is 0 Å². The van der Waals surface area contributed by atoms with E-state index < -0.39 is 0 Å². The number of anilines is 3. The predicted octanol–water partition coefficient (Wildman–Crippen LogP) is 4.73. The largest absolute Gasteiger partial charge is 0.355 e. The molecule has 0 unspecified atom stereocenters.